The molecule has 0 saturated heterocycles. The minimum Gasteiger partial charge on any atom is -0.358 e. The Labute approximate surface area is 242 Å². The Morgan fingerprint density at radius 3 is 1.97 bits per heavy atom. The molecule has 0 amide bonds. The van der Waals surface area contributed by atoms with Crippen molar-refractivity contribution in [2.45, 2.75) is 41.0 Å². The van der Waals surface area contributed by atoms with Crippen LogP contribution >= 0.6 is 24.8 Å². The molecule has 5 rings (SSSR count). The van der Waals surface area contributed by atoms with Crippen LogP contribution in [0.25, 0.3) is 11.1 Å². The van der Waals surface area contributed by atoms with Crippen molar-refractivity contribution in [3.05, 3.63) is 126 Å². The molecule has 188 valence electrons. The molecule has 0 aliphatic heterocycles. The predicted molar refractivity (Wildman–Crippen MR) is 156 cm³/mol. The van der Waals surface area contributed by atoms with Gasteiger partial charge in [0.2, 0.25) is 0 Å². The van der Waals surface area contributed by atoms with E-state index in [4.69, 9.17) is 0 Å². The second-order valence-corrected chi connectivity index (χ2v) is 8.31. The number of hydrogen-bond acceptors (Lipinski definition) is 0. The van der Waals surface area contributed by atoms with Gasteiger partial charge in [0.05, 0.1) is 0 Å². The average molecular weight is 585 g/mol. The first-order valence-electron chi connectivity index (χ1n) is 11.1. The fourth-order valence-electron chi connectivity index (χ4n) is 3.95. The molecular formula is C32H38Cl2Zr-4. The third-order valence-corrected chi connectivity index (χ3v) is 5.43. The van der Waals surface area contributed by atoms with Gasteiger partial charge in [0.15, 0.2) is 0 Å². The third kappa shape index (κ3) is 11.0. The minimum absolute atomic E-state index is 0. The van der Waals surface area contributed by atoms with E-state index in [1.165, 1.54) is 63.2 Å². The van der Waals surface area contributed by atoms with Gasteiger partial charge in [-0.05, 0) is 6.42 Å². The zero-order chi connectivity index (χ0) is 23.5. The second-order valence-electron chi connectivity index (χ2n) is 8.31. The van der Waals surface area contributed by atoms with Crippen molar-refractivity contribution in [3.63, 3.8) is 0 Å². The maximum atomic E-state index is 3.37. The molecule has 2 aliphatic carbocycles. The van der Waals surface area contributed by atoms with Crippen molar-refractivity contribution in [2.75, 3.05) is 0 Å². The van der Waals surface area contributed by atoms with Crippen LogP contribution in [-0.4, -0.2) is 4.21 Å². The molecule has 0 N–H and O–H groups in total. The van der Waals surface area contributed by atoms with E-state index in [0.717, 1.165) is 6.42 Å². The van der Waals surface area contributed by atoms with Gasteiger partial charge in [0, 0.05) is 0 Å². The molecule has 0 bridgehead atoms. The summed E-state index contributed by atoms with van der Waals surface area (Å²) in [5.74, 6) is 1.20. The average Bonchev–Trinajstić information content (AvgIpc) is 3.36. The van der Waals surface area contributed by atoms with Crippen LogP contribution in [0.15, 0.2) is 84.0 Å². The predicted octanol–water partition coefficient (Wildman–Crippen LogP) is 9.08. The van der Waals surface area contributed by atoms with Gasteiger partial charge in [-0.1, -0.05) is 81.8 Å². The maximum absolute atomic E-state index is 3.37. The zero-order valence-corrected chi connectivity index (χ0v) is 25.9. The number of hydrogen-bond donors (Lipinski definition) is 0. The van der Waals surface area contributed by atoms with Crippen LogP contribution in [-0.2, 0) is 30.7 Å². The number of allylic oxidation sites excluding steroid dienone is 4. The topological polar surface area (TPSA) is 0 Å². The summed E-state index contributed by atoms with van der Waals surface area (Å²) in [6.07, 6.45) is 6.73. The van der Waals surface area contributed by atoms with Crippen molar-refractivity contribution in [1.29, 1.82) is 0 Å². The molecule has 3 heteroatoms. The molecule has 0 aromatic heterocycles. The fraction of sp³-hybridized carbons (Fsp3) is 0.250. The normalized spacial score (nSPS) is 13.6. The van der Waals surface area contributed by atoms with Crippen LogP contribution < -0.4 is 0 Å². The van der Waals surface area contributed by atoms with Gasteiger partial charge in [-0.25, -0.2) is 5.57 Å². The van der Waals surface area contributed by atoms with E-state index < -0.39 is 0 Å². The number of halogens is 2. The monoisotopic (exact) mass is 582 g/mol. The van der Waals surface area contributed by atoms with Gasteiger partial charge >= 0.3 is 28.4 Å². The molecular weight excluding hydrogens is 546 g/mol. The molecule has 2 aliphatic rings. The van der Waals surface area contributed by atoms with Crippen LogP contribution in [0.4, 0.5) is 0 Å². The van der Waals surface area contributed by atoms with E-state index in [1.807, 2.05) is 30.3 Å². The van der Waals surface area contributed by atoms with Crippen molar-refractivity contribution >= 4 is 29.0 Å². The summed E-state index contributed by atoms with van der Waals surface area (Å²) in [5.41, 5.74) is 9.63. The molecule has 3 aromatic rings. The fourth-order valence-corrected chi connectivity index (χ4v) is 3.95. The Hall–Kier alpha value is -1.53. The van der Waals surface area contributed by atoms with Crippen LogP contribution in [0.2, 0.25) is 0 Å². The van der Waals surface area contributed by atoms with E-state index in [1.54, 1.807) is 0 Å². The standard InChI is InChI=1S/C13H9.C10H15.C7H7.CH3.CH2.2ClH.Zr/c1-3-7-12-10(5-1)9-11-6-2-4-8-13(11)12;1-7(2)10-6-8(3)5-9(10)4;1-7-5-3-2-4-6-7;;;;;/h1-5,7-8H,9H2;6-8H,1-4H3;3-6H,1H3;1H3;1H2;2*1H;/q4*-1;;;;. The molecule has 0 spiro atoms. The summed E-state index contributed by atoms with van der Waals surface area (Å²) < 4.78 is 3.34. The molecule has 0 fully saturated rings. The summed E-state index contributed by atoms with van der Waals surface area (Å²) in [6.45, 7) is 10.9. The molecule has 35 heavy (non-hydrogen) atoms. The van der Waals surface area contributed by atoms with E-state index in [9.17, 15) is 0 Å². The Kier molecular flexibility index (Phi) is 19.0. The van der Waals surface area contributed by atoms with E-state index in [0.29, 0.717) is 11.8 Å². The molecule has 0 nitrogen and oxygen atoms in total. The SMILES string of the molecule is CC1=[C-]C(C)C=C1C(C)C.Cc1cc[c-]cc1.Cl.Cl.[CH2]=[Zr].[CH3-].[c-]1cccc2c1Cc1ccccc1-2. The van der Waals surface area contributed by atoms with Gasteiger partial charge < -0.3 is 7.43 Å². The number of rotatable bonds is 1. The van der Waals surface area contributed by atoms with Crippen molar-refractivity contribution in [1.82, 2.24) is 0 Å². The Morgan fingerprint density at radius 2 is 1.49 bits per heavy atom. The van der Waals surface area contributed by atoms with Crippen LogP contribution in [0, 0.1) is 44.4 Å². The zero-order valence-electron chi connectivity index (χ0n) is 21.8. The Morgan fingerprint density at radius 1 is 0.886 bits per heavy atom. The second kappa shape index (κ2) is 18.7. The molecule has 0 radical (unpaired) electrons. The Balaban J connectivity index is 0. The van der Waals surface area contributed by atoms with Gasteiger partial charge in [0.1, 0.15) is 0 Å². The quantitative estimate of drug-likeness (QED) is 0.196. The molecule has 3 aromatic carbocycles. The molecule has 1 atom stereocenters. The van der Waals surface area contributed by atoms with Crippen LogP contribution in [0.3, 0.4) is 0 Å². The first kappa shape index (κ1) is 35.6. The van der Waals surface area contributed by atoms with Crippen molar-refractivity contribution < 1.29 is 24.2 Å². The third-order valence-electron chi connectivity index (χ3n) is 5.43. The smallest absolute Gasteiger partial charge is 0.0253 e. The van der Waals surface area contributed by atoms with Gasteiger partial charge in [0.25, 0.3) is 0 Å². The molecule has 0 saturated carbocycles. The maximum Gasteiger partial charge on any atom is -0.0253 e. The molecule has 1 unspecified atom stereocenters. The van der Waals surface area contributed by atoms with E-state index in [2.05, 4.69) is 99.5 Å². The number of fused-ring (bicyclic) bond motifs is 3. The van der Waals surface area contributed by atoms with Crippen LogP contribution in [0.1, 0.15) is 44.4 Å². The first-order valence-corrected chi connectivity index (χ1v) is 12.9. The van der Waals surface area contributed by atoms with Crippen molar-refractivity contribution in [3.8, 4) is 11.1 Å². The number of benzene rings is 3. The summed E-state index contributed by atoms with van der Waals surface area (Å²) in [7, 11) is 0. The summed E-state index contributed by atoms with van der Waals surface area (Å²) in [4.78, 5) is 0. The van der Waals surface area contributed by atoms with Crippen LogP contribution in [0.5, 0.6) is 0 Å². The van der Waals surface area contributed by atoms with E-state index >= 15 is 0 Å². The summed E-state index contributed by atoms with van der Waals surface area (Å²) in [6, 6.07) is 28.9. The Bertz CT molecular complexity index is 1010. The van der Waals surface area contributed by atoms with Gasteiger partial charge in [-0.3, -0.25) is 6.08 Å². The summed E-state index contributed by atoms with van der Waals surface area (Å²) >= 11 is 1.30. The minimum atomic E-state index is 0. The van der Waals surface area contributed by atoms with Gasteiger partial charge in [-0.15, -0.1) is 30.4 Å². The largest absolute Gasteiger partial charge is 0.358 e. The van der Waals surface area contributed by atoms with Crippen molar-refractivity contribution in [2.24, 2.45) is 11.8 Å². The van der Waals surface area contributed by atoms with E-state index in [-0.39, 0.29) is 32.2 Å². The van der Waals surface area contributed by atoms with Gasteiger partial charge in [-0.2, -0.15) is 77.4 Å². The molecule has 0 heterocycles. The summed E-state index contributed by atoms with van der Waals surface area (Å²) in [5, 5.41) is 0. The number of aryl methyl sites for hydroxylation is 1. The first-order chi connectivity index (χ1) is 15.5.